The summed E-state index contributed by atoms with van der Waals surface area (Å²) in [6.45, 7) is 2.81. The van der Waals surface area contributed by atoms with E-state index >= 15 is 0 Å². The Labute approximate surface area is 112 Å². The largest absolute Gasteiger partial charge is 0.478 e. The molecule has 0 aromatic heterocycles. The number of anilines is 3. The van der Waals surface area contributed by atoms with E-state index in [-0.39, 0.29) is 11.3 Å². The van der Waals surface area contributed by atoms with Crippen LogP contribution in [0.1, 0.15) is 17.3 Å². The fourth-order valence-corrected chi connectivity index (χ4v) is 2.03. The molecule has 0 radical (unpaired) electrons. The van der Waals surface area contributed by atoms with Crippen molar-refractivity contribution in [3.05, 3.63) is 54.1 Å². The fourth-order valence-electron chi connectivity index (χ4n) is 2.03. The van der Waals surface area contributed by atoms with Gasteiger partial charge in [-0.25, -0.2) is 4.79 Å². The molecule has 0 atom stereocenters. The third-order valence-corrected chi connectivity index (χ3v) is 2.96. The standard InChI is InChI=1S/C15H16N2O2/c1-2-17(11-6-4-3-5-7-11)12-8-9-13(15(18)19)14(16)10-12/h3-10H,2,16H2,1H3,(H,18,19). The normalized spacial score (nSPS) is 10.2. The maximum absolute atomic E-state index is 10.9. The summed E-state index contributed by atoms with van der Waals surface area (Å²) in [6.07, 6.45) is 0. The topological polar surface area (TPSA) is 66.6 Å². The number of nitrogens with two attached hydrogens (primary N) is 1. The van der Waals surface area contributed by atoms with Gasteiger partial charge in [0.15, 0.2) is 0 Å². The maximum Gasteiger partial charge on any atom is 0.337 e. The zero-order valence-electron chi connectivity index (χ0n) is 10.7. The Kier molecular flexibility index (Phi) is 3.71. The van der Waals surface area contributed by atoms with Crippen LogP contribution in [0.3, 0.4) is 0 Å². The van der Waals surface area contributed by atoms with Crippen LogP contribution in [0.4, 0.5) is 17.1 Å². The van der Waals surface area contributed by atoms with E-state index in [0.29, 0.717) is 0 Å². The van der Waals surface area contributed by atoms with Crippen molar-refractivity contribution < 1.29 is 9.90 Å². The number of benzene rings is 2. The van der Waals surface area contributed by atoms with Crippen molar-refractivity contribution >= 4 is 23.0 Å². The van der Waals surface area contributed by atoms with Gasteiger partial charge in [0, 0.05) is 23.6 Å². The molecule has 3 N–H and O–H groups in total. The predicted octanol–water partition coefficient (Wildman–Crippen LogP) is 3.12. The van der Waals surface area contributed by atoms with Gasteiger partial charge in [0.1, 0.15) is 0 Å². The molecule has 2 aromatic carbocycles. The molecule has 0 saturated carbocycles. The van der Waals surface area contributed by atoms with Crippen LogP contribution in [0, 0.1) is 0 Å². The van der Waals surface area contributed by atoms with Crippen LogP contribution in [0.5, 0.6) is 0 Å². The van der Waals surface area contributed by atoms with Crippen LogP contribution < -0.4 is 10.6 Å². The summed E-state index contributed by atoms with van der Waals surface area (Å²) in [5, 5.41) is 8.98. The summed E-state index contributed by atoms with van der Waals surface area (Å²) in [7, 11) is 0. The average Bonchev–Trinajstić information content (AvgIpc) is 2.40. The highest BCUT2D eigenvalue weighted by Gasteiger charge is 2.12. The number of hydrogen-bond donors (Lipinski definition) is 2. The number of nitrogen functional groups attached to an aromatic ring is 1. The zero-order valence-corrected chi connectivity index (χ0v) is 10.7. The number of aromatic carboxylic acids is 1. The van der Waals surface area contributed by atoms with Crippen molar-refractivity contribution in [3.8, 4) is 0 Å². The molecule has 0 amide bonds. The molecule has 0 bridgehead atoms. The molecular weight excluding hydrogens is 240 g/mol. The molecule has 0 aliphatic rings. The first-order chi connectivity index (χ1) is 9.13. The molecule has 2 aromatic rings. The molecule has 0 saturated heterocycles. The van der Waals surface area contributed by atoms with Gasteiger partial charge in [0.05, 0.1) is 5.56 Å². The molecule has 4 nitrogen and oxygen atoms in total. The number of rotatable bonds is 4. The van der Waals surface area contributed by atoms with E-state index in [0.717, 1.165) is 17.9 Å². The molecule has 0 aliphatic carbocycles. The first-order valence-corrected chi connectivity index (χ1v) is 6.09. The minimum atomic E-state index is -1.01. The highest BCUT2D eigenvalue weighted by molar-refractivity contribution is 5.94. The van der Waals surface area contributed by atoms with E-state index in [9.17, 15) is 4.79 Å². The molecule has 0 spiro atoms. The van der Waals surface area contributed by atoms with E-state index < -0.39 is 5.97 Å². The average molecular weight is 256 g/mol. The minimum Gasteiger partial charge on any atom is -0.478 e. The number of hydrogen-bond acceptors (Lipinski definition) is 3. The Hall–Kier alpha value is -2.49. The third kappa shape index (κ3) is 2.68. The van der Waals surface area contributed by atoms with Crippen LogP contribution in [0.15, 0.2) is 48.5 Å². The van der Waals surface area contributed by atoms with Crippen molar-refractivity contribution in [1.82, 2.24) is 0 Å². The highest BCUT2D eigenvalue weighted by Crippen LogP contribution is 2.27. The Morgan fingerprint density at radius 2 is 1.84 bits per heavy atom. The second-order valence-electron chi connectivity index (χ2n) is 4.16. The minimum absolute atomic E-state index is 0.132. The Morgan fingerprint density at radius 3 is 2.37 bits per heavy atom. The number of nitrogens with zero attached hydrogens (tertiary/aromatic N) is 1. The van der Waals surface area contributed by atoms with Gasteiger partial charge in [-0.15, -0.1) is 0 Å². The smallest absolute Gasteiger partial charge is 0.337 e. The highest BCUT2D eigenvalue weighted by atomic mass is 16.4. The first-order valence-electron chi connectivity index (χ1n) is 6.09. The second kappa shape index (κ2) is 5.44. The molecule has 19 heavy (non-hydrogen) atoms. The van der Waals surface area contributed by atoms with Gasteiger partial charge in [0.25, 0.3) is 0 Å². The second-order valence-corrected chi connectivity index (χ2v) is 4.16. The van der Waals surface area contributed by atoms with Crippen molar-refractivity contribution in [2.24, 2.45) is 0 Å². The van der Waals surface area contributed by atoms with Crippen molar-refractivity contribution in [3.63, 3.8) is 0 Å². The van der Waals surface area contributed by atoms with Crippen molar-refractivity contribution in [2.45, 2.75) is 6.92 Å². The Morgan fingerprint density at radius 1 is 1.16 bits per heavy atom. The Bertz CT molecular complexity index is 582. The molecule has 0 heterocycles. The van der Waals surface area contributed by atoms with Crippen LogP contribution >= 0.6 is 0 Å². The molecule has 0 aliphatic heterocycles. The molecule has 0 fully saturated rings. The van der Waals surface area contributed by atoms with Crippen LogP contribution in [-0.4, -0.2) is 17.6 Å². The number of carboxylic acid groups (broad SMARTS) is 1. The van der Waals surface area contributed by atoms with Gasteiger partial charge in [0.2, 0.25) is 0 Å². The lowest BCUT2D eigenvalue weighted by molar-refractivity contribution is 0.0698. The monoisotopic (exact) mass is 256 g/mol. The lowest BCUT2D eigenvalue weighted by Gasteiger charge is -2.23. The summed E-state index contributed by atoms with van der Waals surface area (Å²) < 4.78 is 0. The summed E-state index contributed by atoms with van der Waals surface area (Å²) >= 11 is 0. The molecule has 4 heteroatoms. The van der Waals surface area contributed by atoms with Crippen LogP contribution in [0.2, 0.25) is 0 Å². The lowest BCUT2D eigenvalue weighted by atomic mass is 10.1. The number of carboxylic acids is 1. The lowest BCUT2D eigenvalue weighted by Crippen LogP contribution is -2.16. The van der Waals surface area contributed by atoms with E-state index in [1.54, 1.807) is 18.2 Å². The molecule has 98 valence electrons. The van der Waals surface area contributed by atoms with Gasteiger partial charge in [-0.2, -0.15) is 0 Å². The van der Waals surface area contributed by atoms with Crippen molar-refractivity contribution in [2.75, 3.05) is 17.2 Å². The Balaban J connectivity index is 2.40. The summed E-state index contributed by atoms with van der Waals surface area (Å²) in [6, 6.07) is 14.9. The third-order valence-electron chi connectivity index (χ3n) is 2.96. The molecular formula is C15H16N2O2. The van der Waals surface area contributed by atoms with E-state index in [4.69, 9.17) is 10.8 Å². The summed E-state index contributed by atoms with van der Waals surface area (Å²) in [4.78, 5) is 13.0. The van der Waals surface area contributed by atoms with Crippen LogP contribution in [0.25, 0.3) is 0 Å². The SMILES string of the molecule is CCN(c1ccccc1)c1ccc(C(=O)O)c(N)c1. The van der Waals surface area contributed by atoms with Gasteiger partial charge in [-0.1, -0.05) is 18.2 Å². The van der Waals surface area contributed by atoms with Crippen molar-refractivity contribution in [1.29, 1.82) is 0 Å². The maximum atomic E-state index is 10.9. The van der Waals surface area contributed by atoms with Gasteiger partial charge in [-0.3, -0.25) is 0 Å². The van der Waals surface area contributed by atoms with Gasteiger partial charge in [-0.05, 0) is 37.3 Å². The predicted molar refractivity (Wildman–Crippen MR) is 76.9 cm³/mol. The van der Waals surface area contributed by atoms with Gasteiger partial charge >= 0.3 is 5.97 Å². The number of para-hydroxylation sites is 1. The first kappa shape index (κ1) is 13.0. The summed E-state index contributed by atoms with van der Waals surface area (Å²) in [5.74, 6) is -1.01. The molecule has 2 rings (SSSR count). The van der Waals surface area contributed by atoms with E-state index in [1.807, 2.05) is 37.3 Å². The van der Waals surface area contributed by atoms with Crippen LogP contribution in [-0.2, 0) is 0 Å². The van der Waals surface area contributed by atoms with Gasteiger partial charge < -0.3 is 15.7 Å². The fraction of sp³-hybridized carbons (Fsp3) is 0.133. The van der Waals surface area contributed by atoms with E-state index in [1.165, 1.54) is 0 Å². The summed E-state index contributed by atoms with van der Waals surface area (Å²) in [5.41, 5.74) is 8.13. The number of carbonyl (C=O) groups is 1. The molecule has 0 unspecified atom stereocenters. The van der Waals surface area contributed by atoms with E-state index in [2.05, 4.69) is 4.90 Å². The quantitative estimate of drug-likeness (QED) is 0.825. The zero-order chi connectivity index (χ0) is 13.8.